The highest BCUT2D eigenvalue weighted by Gasteiger charge is 2.44. The van der Waals surface area contributed by atoms with E-state index in [1.807, 2.05) is 6.92 Å². The number of methoxy groups -OCH3 is 1. The predicted molar refractivity (Wildman–Crippen MR) is 43.6 cm³/mol. The molecule has 0 aromatic carbocycles. The first-order chi connectivity index (χ1) is 5.64. The highest BCUT2D eigenvalue weighted by atomic mass is 16.5. The second-order valence-corrected chi connectivity index (χ2v) is 3.34. The van der Waals surface area contributed by atoms with E-state index >= 15 is 0 Å². The van der Waals surface area contributed by atoms with E-state index in [0.717, 1.165) is 0 Å². The second-order valence-electron chi connectivity index (χ2n) is 3.34. The van der Waals surface area contributed by atoms with Gasteiger partial charge in [-0.1, -0.05) is 6.92 Å². The van der Waals surface area contributed by atoms with Crippen molar-refractivity contribution in [2.75, 3.05) is 7.11 Å². The molecular formula is C9H14O3. The van der Waals surface area contributed by atoms with Gasteiger partial charge >= 0.3 is 5.97 Å². The lowest BCUT2D eigenvalue weighted by Crippen LogP contribution is -2.29. The summed E-state index contributed by atoms with van der Waals surface area (Å²) in [6, 6.07) is 0. The number of hydrogen-bond acceptors (Lipinski definition) is 3. The van der Waals surface area contributed by atoms with E-state index in [9.17, 15) is 9.59 Å². The molecule has 0 aliphatic heterocycles. The Labute approximate surface area is 72.1 Å². The molecule has 1 unspecified atom stereocenters. The van der Waals surface area contributed by atoms with Crippen LogP contribution in [0, 0.1) is 5.41 Å². The Kier molecular flexibility index (Phi) is 2.50. The van der Waals surface area contributed by atoms with Crippen LogP contribution in [0.4, 0.5) is 0 Å². The minimum atomic E-state index is -0.494. The molecule has 1 atom stereocenters. The zero-order chi connectivity index (χ0) is 9.19. The van der Waals surface area contributed by atoms with Crippen LogP contribution in [0.15, 0.2) is 0 Å². The lowest BCUT2D eigenvalue weighted by molar-refractivity contribution is -0.153. The first kappa shape index (κ1) is 9.23. The number of esters is 1. The van der Waals surface area contributed by atoms with E-state index in [1.54, 1.807) is 0 Å². The molecule has 0 saturated heterocycles. The number of hydrogen-bond donors (Lipinski definition) is 0. The van der Waals surface area contributed by atoms with Crippen molar-refractivity contribution in [2.45, 2.75) is 32.6 Å². The molecule has 0 heterocycles. The van der Waals surface area contributed by atoms with Gasteiger partial charge in [0, 0.05) is 12.8 Å². The first-order valence-corrected chi connectivity index (χ1v) is 4.25. The minimum Gasteiger partial charge on any atom is -0.469 e. The van der Waals surface area contributed by atoms with E-state index in [-0.39, 0.29) is 11.8 Å². The monoisotopic (exact) mass is 170 g/mol. The second kappa shape index (κ2) is 3.25. The van der Waals surface area contributed by atoms with Gasteiger partial charge in [0.2, 0.25) is 0 Å². The topological polar surface area (TPSA) is 43.4 Å². The highest BCUT2D eigenvalue weighted by Crippen LogP contribution is 2.39. The van der Waals surface area contributed by atoms with Crippen molar-refractivity contribution < 1.29 is 14.3 Å². The van der Waals surface area contributed by atoms with E-state index in [4.69, 9.17) is 0 Å². The van der Waals surface area contributed by atoms with E-state index in [0.29, 0.717) is 25.7 Å². The summed E-state index contributed by atoms with van der Waals surface area (Å²) in [5.74, 6) is -0.0434. The van der Waals surface area contributed by atoms with Crippen molar-refractivity contribution >= 4 is 11.8 Å². The largest absolute Gasteiger partial charge is 0.469 e. The molecule has 3 nitrogen and oxygen atoms in total. The maximum absolute atomic E-state index is 11.3. The Morgan fingerprint density at radius 1 is 1.67 bits per heavy atom. The first-order valence-electron chi connectivity index (χ1n) is 4.25. The fourth-order valence-electron chi connectivity index (χ4n) is 1.77. The molecule has 1 fully saturated rings. The van der Waals surface area contributed by atoms with Crippen LogP contribution in [0.3, 0.4) is 0 Å². The summed E-state index contributed by atoms with van der Waals surface area (Å²) in [5.41, 5.74) is -0.494. The molecule has 1 saturated carbocycles. The lowest BCUT2D eigenvalue weighted by Gasteiger charge is -2.22. The molecular weight excluding hydrogens is 156 g/mol. The summed E-state index contributed by atoms with van der Waals surface area (Å²) in [7, 11) is 1.38. The Hall–Kier alpha value is -0.860. The SMILES string of the molecule is CCC1(C(=O)OC)CCC(=O)C1. The van der Waals surface area contributed by atoms with Gasteiger partial charge < -0.3 is 4.74 Å². The molecule has 1 rings (SSSR count). The average Bonchev–Trinajstić information content (AvgIpc) is 2.47. The molecule has 0 aromatic rings. The summed E-state index contributed by atoms with van der Waals surface area (Å²) in [5, 5.41) is 0. The molecule has 3 heteroatoms. The van der Waals surface area contributed by atoms with Crippen molar-refractivity contribution in [3.63, 3.8) is 0 Å². The van der Waals surface area contributed by atoms with Crippen LogP contribution in [0.1, 0.15) is 32.6 Å². The number of carbonyl (C=O) groups excluding carboxylic acids is 2. The highest BCUT2D eigenvalue weighted by molar-refractivity contribution is 5.90. The Balaban J connectivity index is 2.77. The quantitative estimate of drug-likeness (QED) is 0.587. The van der Waals surface area contributed by atoms with Crippen LogP contribution in [0.2, 0.25) is 0 Å². The van der Waals surface area contributed by atoms with Gasteiger partial charge in [0.05, 0.1) is 12.5 Å². The number of carbonyl (C=O) groups is 2. The molecule has 0 spiro atoms. The minimum absolute atomic E-state index is 0.183. The van der Waals surface area contributed by atoms with Gasteiger partial charge in [-0.25, -0.2) is 0 Å². The van der Waals surface area contributed by atoms with Gasteiger partial charge in [-0.15, -0.1) is 0 Å². The predicted octanol–water partition coefficient (Wildman–Crippen LogP) is 1.31. The van der Waals surface area contributed by atoms with Gasteiger partial charge in [-0.3, -0.25) is 9.59 Å². The maximum atomic E-state index is 11.3. The summed E-state index contributed by atoms with van der Waals surface area (Å²) in [6.45, 7) is 1.93. The molecule has 68 valence electrons. The van der Waals surface area contributed by atoms with Crippen molar-refractivity contribution in [3.8, 4) is 0 Å². The fraction of sp³-hybridized carbons (Fsp3) is 0.778. The van der Waals surface area contributed by atoms with Gasteiger partial charge in [-0.05, 0) is 12.8 Å². The standard InChI is InChI=1S/C9H14O3/c1-3-9(8(11)12-2)5-4-7(10)6-9/h3-6H2,1-2H3. The molecule has 1 aliphatic rings. The Bertz CT molecular complexity index is 210. The fourth-order valence-corrected chi connectivity index (χ4v) is 1.77. The van der Waals surface area contributed by atoms with Gasteiger partial charge in [0.1, 0.15) is 5.78 Å². The average molecular weight is 170 g/mol. The Morgan fingerprint density at radius 2 is 2.33 bits per heavy atom. The molecule has 0 bridgehead atoms. The van der Waals surface area contributed by atoms with Gasteiger partial charge in [0.15, 0.2) is 0 Å². The molecule has 0 amide bonds. The molecule has 12 heavy (non-hydrogen) atoms. The third-order valence-electron chi connectivity index (χ3n) is 2.71. The number of ether oxygens (including phenoxy) is 1. The smallest absolute Gasteiger partial charge is 0.312 e. The van der Waals surface area contributed by atoms with Crippen LogP contribution >= 0.6 is 0 Å². The summed E-state index contributed by atoms with van der Waals surface area (Å²) >= 11 is 0. The zero-order valence-corrected chi connectivity index (χ0v) is 7.55. The lowest BCUT2D eigenvalue weighted by atomic mass is 9.83. The van der Waals surface area contributed by atoms with E-state index < -0.39 is 5.41 Å². The number of rotatable bonds is 2. The third kappa shape index (κ3) is 1.36. The summed E-state index contributed by atoms with van der Waals surface area (Å²) in [4.78, 5) is 22.4. The van der Waals surface area contributed by atoms with Crippen molar-refractivity contribution in [3.05, 3.63) is 0 Å². The van der Waals surface area contributed by atoms with E-state index in [2.05, 4.69) is 4.74 Å². The molecule has 1 aliphatic carbocycles. The van der Waals surface area contributed by atoms with Crippen LogP contribution in [-0.2, 0) is 14.3 Å². The summed E-state index contributed by atoms with van der Waals surface area (Å²) < 4.78 is 4.69. The number of Topliss-reactive ketones (excluding diaryl/α,β-unsaturated/α-hetero) is 1. The Morgan fingerprint density at radius 3 is 2.67 bits per heavy atom. The third-order valence-corrected chi connectivity index (χ3v) is 2.71. The zero-order valence-electron chi connectivity index (χ0n) is 7.55. The van der Waals surface area contributed by atoms with Crippen LogP contribution in [0.5, 0.6) is 0 Å². The molecule has 0 radical (unpaired) electrons. The maximum Gasteiger partial charge on any atom is 0.312 e. The molecule has 0 N–H and O–H groups in total. The number of ketones is 1. The van der Waals surface area contributed by atoms with Crippen molar-refractivity contribution in [1.29, 1.82) is 0 Å². The van der Waals surface area contributed by atoms with Crippen LogP contribution in [0.25, 0.3) is 0 Å². The van der Waals surface area contributed by atoms with Crippen molar-refractivity contribution in [1.82, 2.24) is 0 Å². The van der Waals surface area contributed by atoms with Gasteiger partial charge in [0.25, 0.3) is 0 Å². The van der Waals surface area contributed by atoms with E-state index in [1.165, 1.54) is 7.11 Å². The summed E-state index contributed by atoms with van der Waals surface area (Å²) in [6.07, 6.45) is 2.26. The molecule has 0 aromatic heterocycles. The van der Waals surface area contributed by atoms with Crippen LogP contribution in [-0.4, -0.2) is 18.9 Å². The van der Waals surface area contributed by atoms with Crippen molar-refractivity contribution in [2.24, 2.45) is 5.41 Å². The van der Waals surface area contributed by atoms with Crippen LogP contribution < -0.4 is 0 Å². The normalized spacial score (nSPS) is 29.0. The van der Waals surface area contributed by atoms with Gasteiger partial charge in [-0.2, -0.15) is 0 Å².